The molecule has 4 aromatic rings. The van der Waals surface area contributed by atoms with Crippen molar-refractivity contribution in [2.75, 3.05) is 0 Å². The molecule has 3 aromatic heterocycles. The van der Waals surface area contributed by atoms with Crippen LogP contribution < -0.4 is 5.56 Å². The highest BCUT2D eigenvalue weighted by atomic mass is 32.2. The van der Waals surface area contributed by atoms with Crippen LogP contribution in [0.15, 0.2) is 34.2 Å². The number of aryl methyl sites for hydroxylation is 2. The third-order valence-corrected chi connectivity index (χ3v) is 7.06. The molecule has 0 amide bonds. The Balaban J connectivity index is 1.49. The summed E-state index contributed by atoms with van der Waals surface area (Å²) in [7, 11) is 0. The van der Waals surface area contributed by atoms with Gasteiger partial charge in [-0.2, -0.15) is 8.78 Å². The van der Waals surface area contributed by atoms with Crippen molar-refractivity contribution < 1.29 is 8.78 Å². The fraction of sp³-hybridized carbons (Fsp3) is 0.316. The first-order valence-electron chi connectivity index (χ1n) is 9.03. The van der Waals surface area contributed by atoms with E-state index in [1.165, 1.54) is 16.6 Å². The van der Waals surface area contributed by atoms with E-state index in [1.807, 2.05) is 0 Å². The highest BCUT2D eigenvalue weighted by Crippen LogP contribution is 2.34. The largest absolute Gasteiger partial charge is 0.320 e. The number of thioether (sulfide) groups is 1. The summed E-state index contributed by atoms with van der Waals surface area (Å²) in [6, 6.07) is 6.83. The summed E-state index contributed by atoms with van der Waals surface area (Å²) < 4.78 is 28.1. The lowest BCUT2D eigenvalue weighted by Crippen LogP contribution is -2.11. The van der Waals surface area contributed by atoms with Crippen LogP contribution in [0.2, 0.25) is 0 Å². The molecule has 0 aliphatic heterocycles. The van der Waals surface area contributed by atoms with Gasteiger partial charge in [-0.1, -0.05) is 23.9 Å². The molecule has 144 valence electrons. The zero-order chi connectivity index (χ0) is 19.3. The summed E-state index contributed by atoms with van der Waals surface area (Å²) in [5, 5.41) is 1.13. The van der Waals surface area contributed by atoms with Crippen molar-refractivity contribution in [3.63, 3.8) is 0 Å². The number of halogens is 2. The Morgan fingerprint density at radius 3 is 2.89 bits per heavy atom. The number of nitrogens with zero attached hydrogens (tertiary/aromatic N) is 3. The van der Waals surface area contributed by atoms with Crippen molar-refractivity contribution >= 4 is 44.3 Å². The number of rotatable bonds is 4. The second-order valence-corrected chi connectivity index (χ2v) is 8.76. The topological polar surface area (TPSA) is 63.6 Å². The zero-order valence-corrected chi connectivity index (χ0v) is 16.4. The number of thiophene rings is 1. The van der Waals surface area contributed by atoms with E-state index >= 15 is 0 Å². The molecule has 3 heterocycles. The molecular formula is C19H16F2N4OS2. The van der Waals surface area contributed by atoms with E-state index < -0.39 is 6.55 Å². The van der Waals surface area contributed by atoms with Crippen molar-refractivity contribution in [1.29, 1.82) is 0 Å². The van der Waals surface area contributed by atoms with E-state index in [2.05, 4.69) is 15.0 Å². The minimum atomic E-state index is -2.68. The Bertz CT molecular complexity index is 1240. The summed E-state index contributed by atoms with van der Waals surface area (Å²) in [5.74, 6) is 0.452. The van der Waals surface area contributed by atoms with Gasteiger partial charge >= 0.3 is 6.55 Å². The van der Waals surface area contributed by atoms with Crippen molar-refractivity contribution in [1.82, 2.24) is 19.5 Å². The zero-order valence-electron chi connectivity index (χ0n) is 14.7. The minimum absolute atomic E-state index is 0.144. The molecule has 9 heteroatoms. The van der Waals surface area contributed by atoms with Crippen molar-refractivity contribution in [3.05, 3.63) is 50.9 Å². The van der Waals surface area contributed by atoms with Gasteiger partial charge in [0.25, 0.3) is 5.56 Å². The molecule has 0 spiro atoms. The standard InChI is InChI=1S/C19H16F2N4OS2/c20-18(21)25-12-7-3-2-6-11(12)22-14(25)9-27-19-23-16(26)15-10-5-1-4-8-13(10)28-17(15)24-19/h2-3,6-7,18H,1,4-5,8-9H2,(H,23,24,26). The lowest BCUT2D eigenvalue weighted by atomic mass is 9.97. The Hall–Kier alpha value is -2.26. The maximum atomic E-state index is 13.6. The van der Waals surface area contributed by atoms with Gasteiger partial charge in [0.15, 0.2) is 5.16 Å². The van der Waals surface area contributed by atoms with Crippen LogP contribution in [0.5, 0.6) is 0 Å². The van der Waals surface area contributed by atoms with Gasteiger partial charge in [-0.3, -0.25) is 9.36 Å². The predicted octanol–water partition coefficient (Wildman–Crippen LogP) is 4.90. The van der Waals surface area contributed by atoms with Gasteiger partial charge in [0, 0.05) is 4.88 Å². The van der Waals surface area contributed by atoms with Gasteiger partial charge in [-0.05, 0) is 43.4 Å². The quantitative estimate of drug-likeness (QED) is 0.378. The second kappa shape index (κ2) is 6.97. The Morgan fingerprint density at radius 2 is 2.04 bits per heavy atom. The van der Waals surface area contributed by atoms with Crippen molar-refractivity contribution in [3.8, 4) is 0 Å². The third-order valence-electron chi connectivity index (χ3n) is 5.01. The smallest absolute Gasteiger partial charge is 0.301 e. The number of aromatic amines is 1. The molecule has 0 fully saturated rings. The van der Waals surface area contributed by atoms with Crippen LogP contribution in [0.3, 0.4) is 0 Å². The molecule has 0 atom stereocenters. The molecule has 0 radical (unpaired) electrons. The van der Waals surface area contributed by atoms with Crippen molar-refractivity contribution in [2.45, 2.75) is 43.1 Å². The van der Waals surface area contributed by atoms with E-state index in [-0.39, 0.29) is 17.1 Å². The average Bonchev–Trinajstić information content (AvgIpc) is 3.24. The molecule has 1 N–H and O–H groups in total. The molecule has 5 nitrogen and oxygen atoms in total. The highest BCUT2D eigenvalue weighted by Gasteiger charge is 2.21. The molecule has 5 rings (SSSR count). The fourth-order valence-electron chi connectivity index (χ4n) is 3.76. The molecular weight excluding hydrogens is 402 g/mol. The molecule has 0 saturated heterocycles. The summed E-state index contributed by atoms with van der Waals surface area (Å²) >= 11 is 2.79. The number of hydrogen-bond acceptors (Lipinski definition) is 5. The van der Waals surface area contributed by atoms with Gasteiger partial charge in [0.05, 0.1) is 22.2 Å². The summed E-state index contributed by atoms with van der Waals surface area (Å²) in [5.41, 5.74) is 1.92. The summed E-state index contributed by atoms with van der Waals surface area (Å²) in [6.07, 6.45) is 4.16. The van der Waals surface area contributed by atoms with Gasteiger partial charge < -0.3 is 4.98 Å². The van der Waals surface area contributed by atoms with Crippen LogP contribution in [0.4, 0.5) is 8.78 Å². The van der Waals surface area contributed by atoms with Crippen LogP contribution in [0.1, 0.15) is 35.7 Å². The van der Waals surface area contributed by atoms with E-state index in [1.54, 1.807) is 35.6 Å². The minimum Gasteiger partial charge on any atom is -0.301 e. The van der Waals surface area contributed by atoms with E-state index in [0.29, 0.717) is 21.6 Å². The molecule has 0 unspecified atom stereocenters. The maximum absolute atomic E-state index is 13.6. The first kappa shape index (κ1) is 17.8. The number of H-pyrrole nitrogens is 1. The molecule has 0 bridgehead atoms. The number of imidazole rings is 1. The Morgan fingerprint density at radius 1 is 1.21 bits per heavy atom. The number of alkyl halides is 2. The molecule has 28 heavy (non-hydrogen) atoms. The predicted molar refractivity (Wildman–Crippen MR) is 107 cm³/mol. The monoisotopic (exact) mass is 418 g/mol. The van der Waals surface area contributed by atoms with E-state index in [9.17, 15) is 13.6 Å². The van der Waals surface area contributed by atoms with Crippen molar-refractivity contribution in [2.24, 2.45) is 0 Å². The van der Waals surface area contributed by atoms with Gasteiger partial charge in [-0.15, -0.1) is 11.3 Å². The lowest BCUT2D eigenvalue weighted by Gasteiger charge is -2.09. The fourth-order valence-corrected chi connectivity index (χ4v) is 5.87. The van der Waals surface area contributed by atoms with Crippen LogP contribution >= 0.6 is 23.1 Å². The first-order chi connectivity index (χ1) is 13.6. The van der Waals surface area contributed by atoms with E-state index in [0.717, 1.165) is 40.6 Å². The number of para-hydroxylation sites is 2. The maximum Gasteiger partial charge on any atom is 0.320 e. The molecule has 1 aliphatic rings. The number of hydrogen-bond donors (Lipinski definition) is 1. The van der Waals surface area contributed by atoms with Gasteiger partial charge in [0.2, 0.25) is 0 Å². The van der Waals surface area contributed by atoms with E-state index in [4.69, 9.17) is 0 Å². The lowest BCUT2D eigenvalue weighted by molar-refractivity contribution is 0.0722. The first-order valence-corrected chi connectivity index (χ1v) is 10.8. The van der Waals surface area contributed by atoms with Gasteiger partial charge in [0.1, 0.15) is 10.7 Å². The average molecular weight is 418 g/mol. The third kappa shape index (κ3) is 2.93. The number of nitrogens with one attached hydrogen (secondary N) is 1. The molecule has 1 aliphatic carbocycles. The Kier molecular flexibility index (Phi) is 4.43. The highest BCUT2D eigenvalue weighted by molar-refractivity contribution is 7.98. The van der Waals surface area contributed by atoms with Crippen LogP contribution in [0.25, 0.3) is 21.3 Å². The number of fused-ring (bicyclic) bond motifs is 4. The van der Waals surface area contributed by atoms with Gasteiger partial charge in [-0.25, -0.2) is 9.97 Å². The molecule has 1 aromatic carbocycles. The summed E-state index contributed by atoms with van der Waals surface area (Å²) in [6.45, 7) is -2.68. The normalized spacial score (nSPS) is 14.2. The number of aromatic nitrogens is 4. The SMILES string of the molecule is O=c1[nH]c(SCc2nc3ccccc3n2C(F)F)nc2sc3c(c12)CCCC3. The van der Waals surface area contributed by atoms with Crippen LogP contribution in [-0.2, 0) is 18.6 Å². The molecule has 0 saturated carbocycles. The Labute approximate surface area is 166 Å². The van der Waals surface area contributed by atoms with Crippen LogP contribution in [0, 0.1) is 0 Å². The van der Waals surface area contributed by atoms with Crippen LogP contribution in [-0.4, -0.2) is 19.5 Å². The number of benzene rings is 1. The second-order valence-electron chi connectivity index (χ2n) is 6.72. The summed E-state index contributed by atoms with van der Waals surface area (Å²) in [4.78, 5) is 26.3.